The predicted molar refractivity (Wildman–Crippen MR) is 68.7 cm³/mol. The van der Waals surface area contributed by atoms with Crippen LogP contribution in [0.2, 0.25) is 0 Å². The van der Waals surface area contributed by atoms with Crippen molar-refractivity contribution >= 4 is 11.8 Å². The summed E-state index contributed by atoms with van der Waals surface area (Å²) >= 11 is 0. The van der Waals surface area contributed by atoms with E-state index in [0.717, 1.165) is 0 Å². The van der Waals surface area contributed by atoms with E-state index < -0.39 is 5.97 Å². The lowest BCUT2D eigenvalue weighted by Gasteiger charge is -2.28. The number of aromatic carboxylic acids is 1. The molecule has 1 fully saturated rings. The molecule has 0 aromatic carbocycles. The number of carbonyl (C=O) groups is 1. The lowest BCUT2D eigenvalue weighted by Crippen LogP contribution is -2.28. The molecule has 1 heterocycles. The summed E-state index contributed by atoms with van der Waals surface area (Å²) in [6, 6.07) is 0.309. The third-order valence-corrected chi connectivity index (χ3v) is 3.59. The number of aromatic nitrogens is 2. The Morgan fingerprint density at radius 2 is 2.11 bits per heavy atom. The minimum atomic E-state index is -1.04. The summed E-state index contributed by atoms with van der Waals surface area (Å²) in [6.45, 7) is 2.13. The Hall–Kier alpha value is -1.65. The van der Waals surface area contributed by atoms with Gasteiger partial charge in [0.2, 0.25) is 0 Å². The van der Waals surface area contributed by atoms with Gasteiger partial charge in [-0.2, -0.15) is 0 Å². The van der Waals surface area contributed by atoms with Crippen LogP contribution in [0.15, 0.2) is 12.4 Å². The number of carboxylic acids is 1. The number of nitrogens with one attached hydrogen (secondary N) is 1. The summed E-state index contributed by atoms with van der Waals surface area (Å²) in [6.07, 6.45) is 9.22. The summed E-state index contributed by atoms with van der Waals surface area (Å²) in [5, 5.41) is 12.1. The van der Waals surface area contributed by atoms with Crippen molar-refractivity contribution in [1.82, 2.24) is 9.97 Å². The van der Waals surface area contributed by atoms with Gasteiger partial charge in [-0.25, -0.2) is 9.78 Å². The summed E-state index contributed by atoms with van der Waals surface area (Å²) < 4.78 is 0. The molecule has 1 aromatic rings. The fourth-order valence-electron chi connectivity index (χ4n) is 2.52. The molecule has 0 amide bonds. The van der Waals surface area contributed by atoms with Gasteiger partial charge >= 0.3 is 5.97 Å². The summed E-state index contributed by atoms with van der Waals surface area (Å²) in [5.74, 6) is 0.151. The van der Waals surface area contributed by atoms with Crippen molar-refractivity contribution in [2.75, 3.05) is 5.32 Å². The highest BCUT2D eigenvalue weighted by molar-refractivity contribution is 5.85. The number of anilines is 1. The molecule has 0 aliphatic heterocycles. The third-order valence-electron chi connectivity index (χ3n) is 3.59. The maximum Gasteiger partial charge on any atom is 0.356 e. The molecule has 1 atom stereocenters. The highest BCUT2D eigenvalue weighted by Gasteiger charge is 2.20. The van der Waals surface area contributed by atoms with Gasteiger partial charge < -0.3 is 10.4 Å². The van der Waals surface area contributed by atoms with Crippen molar-refractivity contribution < 1.29 is 9.90 Å². The van der Waals surface area contributed by atoms with E-state index in [4.69, 9.17) is 5.11 Å². The lowest BCUT2D eigenvalue weighted by atomic mass is 9.84. The topological polar surface area (TPSA) is 75.1 Å². The molecule has 98 valence electrons. The van der Waals surface area contributed by atoms with Crippen LogP contribution >= 0.6 is 0 Å². The van der Waals surface area contributed by atoms with Crippen molar-refractivity contribution in [2.45, 2.75) is 45.1 Å². The van der Waals surface area contributed by atoms with Gasteiger partial charge in [-0.3, -0.25) is 4.98 Å². The van der Waals surface area contributed by atoms with E-state index in [1.807, 2.05) is 0 Å². The molecule has 1 aliphatic rings. The molecule has 18 heavy (non-hydrogen) atoms. The van der Waals surface area contributed by atoms with Gasteiger partial charge in [0.05, 0.1) is 12.4 Å². The minimum absolute atomic E-state index is 0.0177. The Kier molecular flexibility index (Phi) is 4.12. The average Bonchev–Trinajstić information content (AvgIpc) is 2.40. The molecule has 2 N–H and O–H groups in total. The molecule has 5 nitrogen and oxygen atoms in total. The van der Waals surface area contributed by atoms with E-state index in [1.54, 1.807) is 6.20 Å². The maximum absolute atomic E-state index is 10.8. The molecule has 2 rings (SSSR count). The van der Waals surface area contributed by atoms with Gasteiger partial charge in [-0.1, -0.05) is 19.3 Å². The van der Waals surface area contributed by atoms with Gasteiger partial charge in [-0.15, -0.1) is 0 Å². The quantitative estimate of drug-likeness (QED) is 0.857. The van der Waals surface area contributed by atoms with E-state index in [1.165, 1.54) is 38.3 Å². The van der Waals surface area contributed by atoms with Crippen LogP contribution in [0.25, 0.3) is 0 Å². The molecule has 1 saturated carbocycles. The smallest absolute Gasteiger partial charge is 0.356 e. The molecular formula is C13H19N3O2. The van der Waals surface area contributed by atoms with Gasteiger partial charge in [0.1, 0.15) is 5.82 Å². The number of hydrogen-bond acceptors (Lipinski definition) is 4. The molecule has 0 radical (unpaired) electrons. The van der Waals surface area contributed by atoms with Crippen molar-refractivity contribution in [3.63, 3.8) is 0 Å². The molecule has 0 saturated heterocycles. The van der Waals surface area contributed by atoms with Gasteiger partial charge in [0, 0.05) is 6.04 Å². The van der Waals surface area contributed by atoms with E-state index in [-0.39, 0.29) is 5.69 Å². The normalized spacial score (nSPS) is 18.3. The van der Waals surface area contributed by atoms with Crippen molar-refractivity contribution in [3.8, 4) is 0 Å². The fourth-order valence-corrected chi connectivity index (χ4v) is 2.52. The zero-order valence-corrected chi connectivity index (χ0v) is 10.6. The standard InChI is InChI=1S/C13H19N3O2/c1-9(10-5-3-2-4-6-10)15-12-8-14-7-11(16-12)13(17)18/h7-10H,2-6H2,1H3,(H,15,16)(H,17,18). The third kappa shape index (κ3) is 3.18. The Bertz CT molecular complexity index is 416. The highest BCUT2D eigenvalue weighted by Crippen LogP contribution is 2.27. The first-order valence-electron chi connectivity index (χ1n) is 6.48. The van der Waals surface area contributed by atoms with Crippen LogP contribution < -0.4 is 5.32 Å². The number of nitrogens with zero attached hydrogens (tertiary/aromatic N) is 2. The van der Waals surface area contributed by atoms with Crippen LogP contribution in [0, 0.1) is 5.92 Å². The summed E-state index contributed by atoms with van der Waals surface area (Å²) in [7, 11) is 0. The van der Waals surface area contributed by atoms with Crippen LogP contribution in [-0.2, 0) is 0 Å². The predicted octanol–water partition coefficient (Wildman–Crippen LogP) is 2.56. The molecule has 1 aliphatic carbocycles. The van der Waals surface area contributed by atoms with Crippen molar-refractivity contribution in [2.24, 2.45) is 5.92 Å². The number of rotatable bonds is 4. The van der Waals surface area contributed by atoms with Crippen molar-refractivity contribution in [3.05, 3.63) is 18.1 Å². The molecule has 1 unspecified atom stereocenters. The minimum Gasteiger partial charge on any atom is -0.476 e. The van der Waals surface area contributed by atoms with Gasteiger partial charge in [-0.05, 0) is 25.7 Å². The van der Waals surface area contributed by atoms with Crippen molar-refractivity contribution in [1.29, 1.82) is 0 Å². The Morgan fingerprint density at radius 3 is 2.78 bits per heavy atom. The summed E-state index contributed by atoms with van der Waals surface area (Å²) in [4.78, 5) is 18.7. The first kappa shape index (κ1) is 12.8. The van der Waals surface area contributed by atoms with Crippen LogP contribution in [0.3, 0.4) is 0 Å². The first-order chi connectivity index (χ1) is 8.66. The average molecular weight is 249 g/mol. The largest absolute Gasteiger partial charge is 0.476 e. The number of carboxylic acid groups (broad SMARTS) is 1. The van der Waals surface area contributed by atoms with Crippen LogP contribution in [-0.4, -0.2) is 27.1 Å². The van der Waals surface area contributed by atoms with E-state index >= 15 is 0 Å². The molecule has 1 aromatic heterocycles. The first-order valence-corrected chi connectivity index (χ1v) is 6.48. The molecule has 5 heteroatoms. The zero-order chi connectivity index (χ0) is 13.0. The Morgan fingerprint density at radius 1 is 1.39 bits per heavy atom. The lowest BCUT2D eigenvalue weighted by molar-refractivity contribution is 0.0690. The molecule has 0 spiro atoms. The van der Waals surface area contributed by atoms with Crippen LogP contribution in [0.1, 0.15) is 49.5 Å². The second-order valence-corrected chi connectivity index (χ2v) is 4.93. The molecule has 0 bridgehead atoms. The fraction of sp³-hybridized carbons (Fsp3) is 0.615. The monoisotopic (exact) mass is 249 g/mol. The van der Waals surface area contributed by atoms with Crippen LogP contribution in [0.5, 0.6) is 0 Å². The Labute approximate surface area is 107 Å². The number of hydrogen-bond donors (Lipinski definition) is 2. The van der Waals surface area contributed by atoms with E-state index in [9.17, 15) is 4.79 Å². The van der Waals surface area contributed by atoms with Crippen LogP contribution in [0.4, 0.5) is 5.82 Å². The summed E-state index contributed by atoms with van der Waals surface area (Å²) in [5.41, 5.74) is -0.0177. The van der Waals surface area contributed by atoms with Gasteiger partial charge in [0.25, 0.3) is 0 Å². The molecular weight excluding hydrogens is 230 g/mol. The SMILES string of the molecule is CC(Nc1cncc(C(=O)O)n1)C1CCCCC1. The zero-order valence-electron chi connectivity index (χ0n) is 10.6. The van der Waals surface area contributed by atoms with Gasteiger partial charge in [0.15, 0.2) is 5.69 Å². The van der Waals surface area contributed by atoms with E-state index in [0.29, 0.717) is 17.8 Å². The highest BCUT2D eigenvalue weighted by atomic mass is 16.4. The van der Waals surface area contributed by atoms with E-state index in [2.05, 4.69) is 22.2 Å². The maximum atomic E-state index is 10.8. The second kappa shape index (κ2) is 5.80. The Balaban J connectivity index is 1.99. The second-order valence-electron chi connectivity index (χ2n) is 4.93.